The van der Waals surface area contributed by atoms with Crippen molar-refractivity contribution in [3.63, 3.8) is 0 Å². The van der Waals surface area contributed by atoms with E-state index in [0.717, 1.165) is 32.5 Å². The predicted octanol–water partition coefficient (Wildman–Crippen LogP) is -0.454. The standard InChI is InChI=1S/C9H19N3O/c1-3-5-11-9(8(10)13)4-6-12(2)7-9/h11H,3-7H2,1-2H3,(H2,10,13). The third-order valence-electron chi connectivity index (χ3n) is 2.65. The number of hydrogen-bond donors (Lipinski definition) is 2. The van der Waals surface area contributed by atoms with E-state index in [-0.39, 0.29) is 5.91 Å². The molecule has 0 radical (unpaired) electrons. The molecule has 1 aliphatic heterocycles. The number of rotatable bonds is 4. The van der Waals surface area contributed by atoms with E-state index in [2.05, 4.69) is 17.1 Å². The molecule has 1 rings (SSSR count). The summed E-state index contributed by atoms with van der Waals surface area (Å²) in [7, 11) is 2.01. The number of carbonyl (C=O) groups excluding carboxylic acids is 1. The third kappa shape index (κ3) is 2.19. The van der Waals surface area contributed by atoms with Crippen molar-refractivity contribution < 1.29 is 4.79 Å². The zero-order valence-electron chi connectivity index (χ0n) is 8.47. The van der Waals surface area contributed by atoms with Gasteiger partial charge in [-0.1, -0.05) is 6.92 Å². The minimum absolute atomic E-state index is 0.217. The van der Waals surface area contributed by atoms with Crippen molar-refractivity contribution in [2.75, 3.05) is 26.7 Å². The Labute approximate surface area is 79.5 Å². The molecule has 1 unspecified atom stereocenters. The molecule has 0 bridgehead atoms. The molecular weight excluding hydrogens is 166 g/mol. The summed E-state index contributed by atoms with van der Waals surface area (Å²) >= 11 is 0. The molecule has 1 amide bonds. The zero-order chi connectivity index (χ0) is 9.90. The van der Waals surface area contributed by atoms with Crippen LogP contribution in [0.15, 0.2) is 0 Å². The first-order chi connectivity index (χ1) is 6.10. The molecule has 0 aliphatic carbocycles. The second kappa shape index (κ2) is 4.07. The normalized spacial score (nSPS) is 29.4. The Morgan fingerprint density at radius 3 is 2.77 bits per heavy atom. The van der Waals surface area contributed by atoms with E-state index < -0.39 is 5.54 Å². The van der Waals surface area contributed by atoms with E-state index in [1.54, 1.807) is 0 Å². The number of likely N-dealkylation sites (tertiary alicyclic amines) is 1. The molecule has 1 fully saturated rings. The number of amides is 1. The van der Waals surface area contributed by atoms with Crippen molar-refractivity contribution in [3.05, 3.63) is 0 Å². The van der Waals surface area contributed by atoms with Crippen molar-refractivity contribution in [1.29, 1.82) is 0 Å². The van der Waals surface area contributed by atoms with Crippen molar-refractivity contribution in [1.82, 2.24) is 10.2 Å². The highest BCUT2D eigenvalue weighted by atomic mass is 16.1. The van der Waals surface area contributed by atoms with Gasteiger partial charge < -0.3 is 16.0 Å². The van der Waals surface area contributed by atoms with Crippen LogP contribution < -0.4 is 11.1 Å². The van der Waals surface area contributed by atoms with E-state index in [9.17, 15) is 4.79 Å². The van der Waals surface area contributed by atoms with Crippen LogP contribution in [-0.2, 0) is 4.79 Å². The summed E-state index contributed by atoms with van der Waals surface area (Å²) in [5, 5.41) is 3.26. The van der Waals surface area contributed by atoms with Crippen LogP contribution in [-0.4, -0.2) is 43.0 Å². The first kappa shape index (κ1) is 10.5. The summed E-state index contributed by atoms with van der Waals surface area (Å²) in [5.74, 6) is -0.217. The molecule has 4 nitrogen and oxygen atoms in total. The van der Waals surface area contributed by atoms with Crippen LogP contribution in [0.2, 0.25) is 0 Å². The molecule has 0 aromatic carbocycles. The minimum atomic E-state index is -0.467. The van der Waals surface area contributed by atoms with Crippen LogP contribution in [0.5, 0.6) is 0 Å². The van der Waals surface area contributed by atoms with E-state index in [4.69, 9.17) is 5.73 Å². The molecule has 13 heavy (non-hydrogen) atoms. The lowest BCUT2D eigenvalue weighted by Gasteiger charge is -2.26. The SMILES string of the molecule is CCCNC1(C(N)=O)CCN(C)C1. The van der Waals surface area contributed by atoms with Crippen LogP contribution in [0.4, 0.5) is 0 Å². The van der Waals surface area contributed by atoms with Gasteiger partial charge >= 0.3 is 0 Å². The highest BCUT2D eigenvalue weighted by molar-refractivity contribution is 5.85. The third-order valence-corrected chi connectivity index (χ3v) is 2.65. The fraction of sp³-hybridized carbons (Fsp3) is 0.889. The molecule has 1 saturated heterocycles. The summed E-state index contributed by atoms with van der Waals surface area (Å²) in [4.78, 5) is 13.4. The van der Waals surface area contributed by atoms with Gasteiger partial charge in [0.2, 0.25) is 5.91 Å². The van der Waals surface area contributed by atoms with Gasteiger partial charge in [-0.2, -0.15) is 0 Å². The summed E-state index contributed by atoms with van der Waals surface area (Å²) in [5.41, 5.74) is 4.94. The Hall–Kier alpha value is -0.610. The van der Waals surface area contributed by atoms with E-state index in [1.807, 2.05) is 7.05 Å². The Kier molecular flexibility index (Phi) is 3.27. The van der Waals surface area contributed by atoms with Gasteiger partial charge in [0.15, 0.2) is 0 Å². The number of nitrogens with one attached hydrogen (secondary N) is 1. The lowest BCUT2D eigenvalue weighted by Crippen LogP contribution is -2.57. The second-order valence-electron chi connectivity index (χ2n) is 3.86. The van der Waals surface area contributed by atoms with Gasteiger partial charge in [-0.15, -0.1) is 0 Å². The van der Waals surface area contributed by atoms with Crippen LogP contribution in [0.25, 0.3) is 0 Å². The van der Waals surface area contributed by atoms with Crippen molar-refractivity contribution in [2.45, 2.75) is 25.3 Å². The lowest BCUT2D eigenvalue weighted by molar-refractivity contribution is -0.123. The molecule has 0 aromatic rings. The number of nitrogens with zero attached hydrogens (tertiary/aromatic N) is 1. The Morgan fingerprint density at radius 1 is 1.69 bits per heavy atom. The first-order valence-corrected chi connectivity index (χ1v) is 4.84. The number of hydrogen-bond acceptors (Lipinski definition) is 3. The molecule has 3 N–H and O–H groups in total. The largest absolute Gasteiger partial charge is 0.368 e. The molecule has 1 heterocycles. The summed E-state index contributed by atoms with van der Waals surface area (Å²) in [6, 6.07) is 0. The van der Waals surface area contributed by atoms with Crippen molar-refractivity contribution in [2.24, 2.45) is 5.73 Å². The molecule has 4 heteroatoms. The first-order valence-electron chi connectivity index (χ1n) is 4.84. The van der Waals surface area contributed by atoms with Gasteiger partial charge in [0.25, 0.3) is 0 Å². The quantitative estimate of drug-likeness (QED) is 0.623. The number of likely N-dealkylation sites (N-methyl/N-ethyl adjacent to an activating group) is 1. The van der Waals surface area contributed by atoms with Gasteiger partial charge in [0.05, 0.1) is 0 Å². The highest BCUT2D eigenvalue weighted by Crippen LogP contribution is 2.19. The summed E-state index contributed by atoms with van der Waals surface area (Å²) in [6.07, 6.45) is 1.86. The minimum Gasteiger partial charge on any atom is -0.368 e. The maximum atomic E-state index is 11.3. The lowest BCUT2D eigenvalue weighted by atomic mass is 9.97. The van der Waals surface area contributed by atoms with Gasteiger partial charge in [-0.25, -0.2) is 0 Å². The molecule has 0 spiro atoms. The topological polar surface area (TPSA) is 58.4 Å². The van der Waals surface area contributed by atoms with Gasteiger partial charge in [-0.3, -0.25) is 4.79 Å². The number of nitrogens with two attached hydrogens (primary N) is 1. The van der Waals surface area contributed by atoms with Crippen LogP contribution in [0.3, 0.4) is 0 Å². The maximum Gasteiger partial charge on any atom is 0.239 e. The predicted molar refractivity (Wildman–Crippen MR) is 52.3 cm³/mol. The molecule has 0 aromatic heterocycles. The molecule has 1 atom stereocenters. The fourth-order valence-corrected chi connectivity index (χ4v) is 1.80. The Morgan fingerprint density at radius 2 is 2.38 bits per heavy atom. The van der Waals surface area contributed by atoms with E-state index >= 15 is 0 Å². The smallest absolute Gasteiger partial charge is 0.239 e. The molecule has 1 aliphatic rings. The molecular formula is C9H19N3O. The monoisotopic (exact) mass is 185 g/mol. The zero-order valence-corrected chi connectivity index (χ0v) is 8.47. The van der Waals surface area contributed by atoms with Gasteiger partial charge in [-0.05, 0) is 26.4 Å². The van der Waals surface area contributed by atoms with Crippen molar-refractivity contribution in [3.8, 4) is 0 Å². The maximum absolute atomic E-state index is 11.3. The average Bonchev–Trinajstić information content (AvgIpc) is 2.45. The van der Waals surface area contributed by atoms with Crippen LogP contribution in [0.1, 0.15) is 19.8 Å². The van der Waals surface area contributed by atoms with E-state index in [1.165, 1.54) is 0 Å². The molecule has 76 valence electrons. The van der Waals surface area contributed by atoms with Gasteiger partial charge in [0, 0.05) is 13.1 Å². The number of carbonyl (C=O) groups is 1. The Bertz CT molecular complexity index is 195. The second-order valence-corrected chi connectivity index (χ2v) is 3.86. The highest BCUT2D eigenvalue weighted by Gasteiger charge is 2.41. The molecule has 0 saturated carbocycles. The van der Waals surface area contributed by atoms with Crippen LogP contribution in [0, 0.1) is 0 Å². The van der Waals surface area contributed by atoms with Crippen LogP contribution >= 0.6 is 0 Å². The summed E-state index contributed by atoms with van der Waals surface area (Å²) in [6.45, 7) is 4.62. The Balaban J connectivity index is 2.60. The number of primary amides is 1. The fourth-order valence-electron chi connectivity index (χ4n) is 1.80. The average molecular weight is 185 g/mol. The summed E-state index contributed by atoms with van der Waals surface area (Å²) < 4.78 is 0. The van der Waals surface area contributed by atoms with Gasteiger partial charge in [0.1, 0.15) is 5.54 Å². The van der Waals surface area contributed by atoms with E-state index in [0.29, 0.717) is 0 Å². The van der Waals surface area contributed by atoms with Crippen molar-refractivity contribution >= 4 is 5.91 Å².